The van der Waals surface area contributed by atoms with Crippen molar-refractivity contribution >= 4 is 23.2 Å². The molecule has 0 atom stereocenters. The third-order valence-electron chi connectivity index (χ3n) is 6.31. The third-order valence-corrected chi connectivity index (χ3v) is 6.31. The molecule has 0 aromatic heterocycles. The zero-order valence-electron chi connectivity index (χ0n) is 22.2. The fourth-order valence-corrected chi connectivity index (χ4v) is 4.12. The van der Waals surface area contributed by atoms with E-state index in [9.17, 15) is 35.9 Å². The number of carbonyl (C=O) groups is 2. The number of fused-ring (bicyclic) bond motifs is 1. The molecule has 0 radical (unpaired) electrons. The summed E-state index contributed by atoms with van der Waals surface area (Å²) < 4.78 is 90.5. The standard InChI is InChI=1S/C29H26F6N2O4/c1-27(2,3)18-4-7-22(8-5-18)40-11-10-37-23-15-21(6-9-24(23)41-16-25(37)38)36-26(39)17-12-19(28(30,31)32)14-20(13-17)29(33,34)35/h4-9,12-15H,10-11,16H2,1-3H3,(H,36,39). The molecular weight excluding hydrogens is 554 g/mol. The van der Waals surface area contributed by atoms with E-state index in [4.69, 9.17) is 9.47 Å². The van der Waals surface area contributed by atoms with E-state index in [0.717, 1.165) is 5.56 Å². The van der Waals surface area contributed by atoms with Gasteiger partial charge in [-0.25, -0.2) is 0 Å². The van der Waals surface area contributed by atoms with Crippen LogP contribution in [0.5, 0.6) is 11.5 Å². The van der Waals surface area contributed by atoms with Gasteiger partial charge < -0.3 is 19.7 Å². The number of nitrogens with one attached hydrogen (secondary N) is 1. The lowest BCUT2D eigenvalue weighted by Crippen LogP contribution is -2.41. The first-order chi connectivity index (χ1) is 19.0. The minimum Gasteiger partial charge on any atom is -0.492 e. The van der Waals surface area contributed by atoms with Gasteiger partial charge in [0.05, 0.1) is 23.4 Å². The van der Waals surface area contributed by atoms with Crippen molar-refractivity contribution in [3.05, 3.63) is 82.9 Å². The summed E-state index contributed by atoms with van der Waals surface area (Å²) in [5.41, 5.74) is -2.68. The molecule has 0 unspecified atom stereocenters. The number of hydrogen-bond donors (Lipinski definition) is 1. The van der Waals surface area contributed by atoms with E-state index < -0.39 is 40.9 Å². The van der Waals surface area contributed by atoms with Crippen molar-refractivity contribution in [2.75, 3.05) is 30.0 Å². The van der Waals surface area contributed by atoms with E-state index in [1.54, 1.807) is 0 Å². The Morgan fingerprint density at radius 1 is 0.878 bits per heavy atom. The Labute approximate surface area is 231 Å². The highest BCUT2D eigenvalue weighted by molar-refractivity contribution is 6.05. The fraction of sp³-hybridized carbons (Fsp3) is 0.310. The Morgan fingerprint density at radius 3 is 2.05 bits per heavy atom. The second-order valence-corrected chi connectivity index (χ2v) is 10.4. The lowest BCUT2D eigenvalue weighted by Gasteiger charge is -2.29. The van der Waals surface area contributed by atoms with Crippen LogP contribution in [0.2, 0.25) is 0 Å². The van der Waals surface area contributed by atoms with Crippen LogP contribution in [-0.4, -0.2) is 31.6 Å². The summed E-state index contributed by atoms with van der Waals surface area (Å²) in [4.78, 5) is 26.7. The van der Waals surface area contributed by atoms with Gasteiger partial charge in [0.2, 0.25) is 0 Å². The number of rotatable bonds is 6. The van der Waals surface area contributed by atoms with Gasteiger partial charge in [-0.15, -0.1) is 0 Å². The first-order valence-corrected chi connectivity index (χ1v) is 12.4. The van der Waals surface area contributed by atoms with Gasteiger partial charge in [-0.05, 0) is 59.5 Å². The minimum absolute atomic E-state index is 0.0294. The van der Waals surface area contributed by atoms with Crippen LogP contribution in [0.15, 0.2) is 60.7 Å². The summed E-state index contributed by atoms with van der Waals surface area (Å²) >= 11 is 0. The molecule has 0 bridgehead atoms. The molecule has 6 nitrogen and oxygen atoms in total. The van der Waals surface area contributed by atoms with E-state index in [0.29, 0.717) is 23.6 Å². The van der Waals surface area contributed by atoms with Crippen LogP contribution in [-0.2, 0) is 22.6 Å². The van der Waals surface area contributed by atoms with Crippen LogP contribution < -0.4 is 19.7 Å². The smallest absolute Gasteiger partial charge is 0.416 e. The van der Waals surface area contributed by atoms with Crippen LogP contribution in [0.1, 0.15) is 47.8 Å². The lowest BCUT2D eigenvalue weighted by molar-refractivity contribution is -0.143. The van der Waals surface area contributed by atoms with E-state index in [1.165, 1.54) is 23.1 Å². The van der Waals surface area contributed by atoms with Crippen LogP contribution in [0.4, 0.5) is 37.7 Å². The number of ether oxygens (including phenoxy) is 2. The largest absolute Gasteiger partial charge is 0.492 e. The molecule has 218 valence electrons. The summed E-state index contributed by atoms with van der Waals surface area (Å²) in [5, 5.41) is 2.30. The molecule has 12 heteroatoms. The first kappa shape index (κ1) is 29.8. The molecule has 0 saturated carbocycles. The van der Waals surface area contributed by atoms with Gasteiger partial charge >= 0.3 is 12.4 Å². The zero-order valence-corrected chi connectivity index (χ0v) is 22.2. The van der Waals surface area contributed by atoms with E-state index >= 15 is 0 Å². The molecule has 2 amide bonds. The van der Waals surface area contributed by atoms with Gasteiger partial charge in [-0.1, -0.05) is 32.9 Å². The number of alkyl halides is 6. The second kappa shape index (κ2) is 11.0. The fourth-order valence-electron chi connectivity index (χ4n) is 4.12. The van der Waals surface area contributed by atoms with Crippen molar-refractivity contribution in [1.82, 2.24) is 0 Å². The molecule has 41 heavy (non-hydrogen) atoms. The molecule has 1 aliphatic heterocycles. The molecule has 0 aliphatic carbocycles. The Kier molecular flexibility index (Phi) is 7.97. The van der Waals surface area contributed by atoms with E-state index in [-0.39, 0.29) is 42.6 Å². The number of benzene rings is 3. The average Bonchev–Trinajstić information content (AvgIpc) is 2.88. The Hall–Kier alpha value is -4.22. The molecule has 1 aliphatic rings. The third kappa shape index (κ3) is 7.11. The van der Waals surface area contributed by atoms with Gasteiger partial charge in [0.15, 0.2) is 6.61 Å². The summed E-state index contributed by atoms with van der Waals surface area (Å²) in [6.07, 6.45) is -10.2. The average molecular weight is 581 g/mol. The number of anilines is 2. The highest BCUT2D eigenvalue weighted by atomic mass is 19.4. The van der Waals surface area contributed by atoms with Gasteiger partial charge in [-0.2, -0.15) is 26.3 Å². The molecule has 1 heterocycles. The van der Waals surface area contributed by atoms with Gasteiger partial charge in [-0.3, -0.25) is 9.59 Å². The highest BCUT2D eigenvalue weighted by Crippen LogP contribution is 2.37. The van der Waals surface area contributed by atoms with Crippen LogP contribution in [0.3, 0.4) is 0 Å². The molecule has 0 fully saturated rings. The second-order valence-electron chi connectivity index (χ2n) is 10.4. The minimum atomic E-state index is -5.10. The number of amides is 2. The maximum atomic E-state index is 13.2. The van der Waals surface area contributed by atoms with Crippen molar-refractivity contribution < 1.29 is 45.4 Å². The van der Waals surface area contributed by atoms with Crippen molar-refractivity contribution in [2.45, 2.75) is 38.5 Å². The van der Waals surface area contributed by atoms with Crippen molar-refractivity contribution in [2.24, 2.45) is 0 Å². The first-order valence-electron chi connectivity index (χ1n) is 12.4. The summed E-state index contributed by atoms with van der Waals surface area (Å²) in [6.45, 7) is 6.22. The maximum absolute atomic E-state index is 13.2. The zero-order chi connectivity index (χ0) is 30.2. The molecular formula is C29H26F6N2O4. The van der Waals surface area contributed by atoms with Crippen molar-refractivity contribution in [1.29, 1.82) is 0 Å². The van der Waals surface area contributed by atoms with Crippen LogP contribution >= 0.6 is 0 Å². The summed E-state index contributed by atoms with van der Waals surface area (Å²) in [5.74, 6) is -0.701. The number of halogens is 6. The molecule has 0 saturated heterocycles. The molecule has 4 rings (SSSR count). The predicted octanol–water partition coefficient (Wildman–Crippen LogP) is 7.08. The number of hydrogen-bond acceptors (Lipinski definition) is 4. The van der Waals surface area contributed by atoms with Crippen LogP contribution in [0, 0.1) is 0 Å². The van der Waals surface area contributed by atoms with Crippen molar-refractivity contribution in [3.8, 4) is 11.5 Å². The van der Waals surface area contributed by atoms with Crippen molar-refractivity contribution in [3.63, 3.8) is 0 Å². The number of carbonyl (C=O) groups excluding carboxylic acids is 2. The number of nitrogens with zero attached hydrogens (tertiary/aromatic N) is 1. The van der Waals surface area contributed by atoms with E-state index in [1.807, 2.05) is 24.3 Å². The SMILES string of the molecule is CC(C)(C)c1ccc(OCCN2C(=O)COc3ccc(NC(=O)c4cc(C(F)(F)F)cc(C(F)(F)F)c4)cc32)cc1. The Balaban J connectivity index is 1.51. The monoisotopic (exact) mass is 580 g/mol. The van der Waals surface area contributed by atoms with Crippen LogP contribution in [0.25, 0.3) is 0 Å². The summed E-state index contributed by atoms with van der Waals surface area (Å²) in [7, 11) is 0. The summed E-state index contributed by atoms with van der Waals surface area (Å²) in [6, 6.07) is 12.3. The van der Waals surface area contributed by atoms with Gasteiger partial charge in [0.25, 0.3) is 11.8 Å². The molecule has 3 aromatic carbocycles. The quantitative estimate of drug-likeness (QED) is 0.317. The molecule has 3 aromatic rings. The lowest BCUT2D eigenvalue weighted by atomic mass is 9.87. The maximum Gasteiger partial charge on any atom is 0.416 e. The molecule has 0 spiro atoms. The Morgan fingerprint density at radius 2 is 1.49 bits per heavy atom. The molecule has 1 N–H and O–H groups in total. The normalized spacial score (nSPS) is 13.9. The van der Waals surface area contributed by atoms with E-state index in [2.05, 4.69) is 26.1 Å². The Bertz CT molecular complexity index is 1410. The van der Waals surface area contributed by atoms with Gasteiger partial charge in [0.1, 0.15) is 18.1 Å². The van der Waals surface area contributed by atoms with Gasteiger partial charge in [0, 0.05) is 11.3 Å². The topological polar surface area (TPSA) is 67.9 Å². The highest BCUT2D eigenvalue weighted by Gasteiger charge is 2.37. The predicted molar refractivity (Wildman–Crippen MR) is 139 cm³/mol.